The van der Waals surface area contributed by atoms with Gasteiger partial charge in [0.25, 0.3) is 0 Å². The first-order valence-corrected chi connectivity index (χ1v) is 11.7. The quantitative estimate of drug-likeness (QED) is 0.421. The third-order valence-corrected chi connectivity index (χ3v) is 8.26. The Labute approximate surface area is 192 Å². The maximum absolute atomic E-state index is 5.67. The molecule has 2 atom stereocenters. The van der Waals surface area contributed by atoms with Crippen LogP contribution >= 0.6 is 31.9 Å². The molecule has 6 heteroatoms. The minimum atomic E-state index is 0.290. The zero-order valence-corrected chi connectivity index (χ0v) is 19.9. The largest absolute Gasteiger partial charge is 0.454 e. The maximum Gasteiger partial charge on any atom is 0.231 e. The molecule has 154 valence electrons. The van der Waals surface area contributed by atoms with E-state index in [0.717, 1.165) is 44.8 Å². The minimum Gasteiger partial charge on any atom is -0.454 e. The average molecular weight is 532 g/mol. The van der Waals surface area contributed by atoms with Crippen molar-refractivity contribution in [3.05, 3.63) is 54.5 Å². The zero-order chi connectivity index (χ0) is 20.6. The number of allylic oxidation sites excluding steroid dienone is 2. The van der Waals surface area contributed by atoms with Crippen LogP contribution in [0.15, 0.2) is 32.2 Å². The molecule has 4 nitrogen and oxygen atoms in total. The molecule has 0 fully saturated rings. The Kier molecular flexibility index (Phi) is 4.26. The number of hydrogen-bond donors (Lipinski definition) is 0. The molecular formula is C24H20Br2O4. The van der Waals surface area contributed by atoms with Gasteiger partial charge in [0.15, 0.2) is 23.0 Å². The number of fused-ring (bicyclic) bond motifs is 4. The number of ether oxygens (including phenoxy) is 4. The van der Waals surface area contributed by atoms with Gasteiger partial charge in [0, 0.05) is 11.8 Å². The van der Waals surface area contributed by atoms with Gasteiger partial charge in [0.05, 0.1) is 8.95 Å². The second-order valence-electron chi connectivity index (χ2n) is 8.31. The highest BCUT2D eigenvalue weighted by Crippen LogP contribution is 2.54. The number of rotatable bonds is 3. The standard InChI is InChI=1S/C24H20Br2O4/c1-11-5-17-15(7-19-23(21(17)25)29-9-27-19)13(11)3-4-14-12(2)6-18-16(14)8-20-24(22(18)26)30-10-28-20/h5-8,13-14H,3-4,9-10H2,1-2H3. The van der Waals surface area contributed by atoms with Crippen molar-refractivity contribution in [1.29, 1.82) is 0 Å². The van der Waals surface area contributed by atoms with Crippen molar-refractivity contribution < 1.29 is 18.9 Å². The van der Waals surface area contributed by atoms with Crippen molar-refractivity contribution in [2.24, 2.45) is 0 Å². The van der Waals surface area contributed by atoms with Gasteiger partial charge in [0.2, 0.25) is 13.6 Å². The summed E-state index contributed by atoms with van der Waals surface area (Å²) in [6.45, 7) is 5.03. The fraction of sp³-hybridized carbons (Fsp3) is 0.333. The summed E-state index contributed by atoms with van der Waals surface area (Å²) in [6.07, 6.45) is 6.71. The van der Waals surface area contributed by atoms with Crippen molar-refractivity contribution in [2.45, 2.75) is 38.5 Å². The van der Waals surface area contributed by atoms with Crippen LogP contribution in [-0.2, 0) is 0 Å². The van der Waals surface area contributed by atoms with E-state index in [1.807, 2.05) is 0 Å². The summed E-state index contributed by atoms with van der Waals surface area (Å²) in [5.74, 6) is 4.10. The molecule has 0 saturated carbocycles. The second kappa shape index (κ2) is 6.79. The smallest absolute Gasteiger partial charge is 0.231 e. The molecule has 0 bridgehead atoms. The SMILES string of the molecule is CC1=Cc2c(cc3c(c2Br)OCO3)C1CCC1C(C)=Cc2c1cc1c(c2Br)OCO1. The Bertz CT molecular complexity index is 1070. The highest BCUT2D eigenvalue weighted by molar-refractivity contribution is 9.11. The van der Waals surface area contributed by atoms with E-state index in [2.05, 4.69) is 70.0 Å². The minimum absolute atomic E-state index is 0.290. The molecule has 2 aliphatic carbocycles. The average Bonchev–Trinajstić information content (AvgIpc) is 3.48. The Morgan fingerprint density at radius 3 is 1.60 bits per heavy atom. The monoisotopic (exact) mass is 530 g/mol. The van der Waals surface area contributed by atoms with Gasteiger partial charge in [-0.1, -0.05) is 23.3 Å². The third kappa shape index (κ3) is 2.62. The summed E-state index contributed by atoms with van der Waals surface area (Å²) in [5, 5.41) is 0. The Morgan fingerprint density at radius 2 is 1.17 bits per heavy atom. The zero-order valence-electron chi connectivity index (χ0n) is 16.7. The number of halogens is 2. The van der Waals surface area contributed by atoms with Crippen LogP contribution in [0.1, 0.15) is 60.8 Å². The van der Waals surface area contributed by atoms with Crippen LogP contribution in [0, 0.1) is 0 Å². The van der Waals surface area contributed by atoms with Gasteiger partial charge in [-0.15, -0.1) is 0 Å². The molecule has 0 aromatic heterocycles. The highest BCUT2D eigenvalue weighted by atomic mass is 79.9. The summed E-state index contributed by atoms with van der Waals surface area (Å²) in [5.41, 5.74) is 7.90. The van der Waals surface area contributed by atoms with Crippen molar-refractivity contribution in [3.63, 3.8) is 0 Å². The van der Waals surface area contributed by atoms with Crippen LogP contribution in [0.3, 0.4) is 0 Å². The lowest BCUT2D eigenvalue weighted by molar-refractivity contribution is 0.173. The Morgan fingerprint density at radius 1 is 0.733 bits per heavy atom. The van der Waals surface area contributed by atoms with Crippen molar-refractivity contribution in [3.8, 4) is 23.0 Å². The summed E-state index contributed by atoms with van der Waals surface area (Å²) in [6, 6.07) is 4.33. The lowest BCUT2D eigenvalue weighted by Crippen LogP contribution is -2.04. The molecule has 2 unspecified atom stereocenters. The first-order chi connectivity index (χ1) is 14.5. The highest BCUT2D eigenvalue weighted by Gasteiger charge is 2.33. The van der Waals surface area contributed by atoms with Gasteiger partial charge >= 0.3 is 0 Å². The normalized spacial score (nSPS) is 22.1. The van der Waals surface area contributed by atoms with Crippen LogP contribution in [-0.4, -0.2) is 13.6 Å². The molecule has 0 radical (unpaired) electrons. The van der Waals surface area contributed by atoms with E-state index in [1.165, 1.54) is 33.4 Å². The van der Waals surface area contributed by atoms with E-state index in [9.17, 15) is 0 Å². The molecule has 2 aromatic carbocycles. The molecule has 30 heavy (non-hydrogen) atoms. The molecule has 2 heterocycles. The maximum atomic E-state index is 5.67. The fourth-order valence-corrected chi connectivity index (χ4v) is 6.49. The van der Waals surface area contributed by atoms with E-state index in [1.54, 1.807) is 0 Å². The predicted octanol–water partition coefficient (Wildman–Crippen LogP) is 7.15. The molecule has 6 rings (SSSR count). The fourth-order valence-electron chi connectivity index (χ4n) is 5.19. The summed E-state index contributed by atoms with van der Waals surface area (Å²) >= 11 is 7.47. The molecule has 0 N–H and O–H groups in total. The molecule has 2 aromatic rings. The first kappa shape index (κ1) is 18.8. The van der Waals surface area contributed by atoms with E-state index >= 15 is 0 Å². The summed E-state index contributed by atoms with van der Waals surface area (Å²) in [7, 11) is 0. The van der Waals surface area contributed by atoms with Crippen LogP contribution < -0.4 is 18.9 Å². The van der Waals surface area contributed by atoms with Crippen LogP contribution in [0.4, 0.5) is 0 Å². The van der Waals surface area contributed by atoms with Gasteiger partial charge in [-0.25, -0.2) is 0 Å². The lowest BCUT2D eigenvalue weighted by Gasteiger charge is -2.20. The molecule has 0 saturated heterocycles. The van der Waals surface area contributed by atoms with E-state index in [0.29, 0.717) is 11.8 Å². The van der Waals surface area contributed by atoms with E-state index in [4.69, 9.17) is 18.9 Å². The summed E-state index contributed by atoms with van der Waals surface area (Å²) in [4.78, 5) is 0. The van der Waals surface area contributed by atoms with Gasteiger partial charge in [-0.05, 0) is 92.9 Å². The van der Waals surface area contributed by atoms with Crippen LogP contribution in [0.2, 0.25) is 0 Å². The summed E-state index contributed by atoms with van der Waals surface area (Å²) < 4.78 is 24.6. The molecule has 0 amide bonds. The molecule has 0 spiro atoms. The van der Waals surface area contributed by atoms with Gasteiger partial charge in [-0.3, -0.25) is 0 Å². The molecule has 4 aliphatic rings. The van der Waals surface area contributed by atoms with Crippen LogP contribution in [0.25, 0.3) is 12.2 Å². The number of benzene rings is 2. The van der Waals surface area contributed by atoms with E-state index < -0.39 is 0 Å². The van der Waals surface area contributed by atoms with Crippen molar-refractivity contribution >= 4 is 44.0 Å². The van der Waals surface area contributed by atoms with Gasteiger partial charge < -0.3 is 18.9 Å². The van der Waals surface area contributed by atoms with Gasteiger partial charge in [-0.2, -0.15) is 0 Å². The van der Waals surface area contributed by atoms with Crippen molar-refractivity contribution in [2.75, 3.05) is 13.6 Å². The van der Waals surface area contributed by atoms with E-state index in [-0.39, 0.29) is 13.6 Å². The lowest BCUT2D eigenvalue weighted by atomic mass is 9.84. The Hall–Kier alpha value is -1.92. The Balaban J connectivity index is 1.30. The van der Waals surface area contributed by atoms with Crippen LogP contribution in [0.5, 0.6) is 23.0 Å². The third-order valence-electron chi connectivity index (χ3n) is 6.69. The number of hydrogen-bond acceptors (Lipinski definition) is 4. The molecular weight excluding hydrogens is 512 g/mol. The second-order valence-corrected chi connectivity index (χ2v) is 9.90. The first-order valence-electron chi connectivity index (χ1n) is 10.1. The topological polar surface area (TPSA) is 36.9 Å². The van der Waals surface area contributed by atoms with Gasteiger partial charge in [0.1, 0.15) is 0 Å². The molecule has 2 aliphatic heterocycles. The van der Waals surface area contributed by atoms with Crippen molar-refractivity contribution in [1.82, 2.24) is 0 Å². The predicted molar refractivity (Wildman–Crippen MR) is 123 cm³/mol.